The van der Waals surface area contributed by atoms with Crippen LogP contribution in [0.4, 0.5) is 0 Å². The van der Waals surface area contributed by atoms with Gasteiger partial charge in [-0.3, -0.25) is 4.79 Å². The SMILES string of the molecule is CCCCOC(=O)[C@H](C)OC(=O)C[C@@H]1OC(C)(C)OC1=O. The van der Waals surface area contributed by atoms with Crippen LogP contribution in [0.2, 0.25) is 0 Å². The molecule has 0 saturated carbocycles. The first kappa shape index (κ1) is 17.4. The number of esters is 3. The van der Waals surface area contributed by atoms with E-state index in [0.29, 0.717) is 6.61 Å². The largest absolute Gasteiger partial charge is 0.463 e. The van der Waals surface area contributed by atoms with E-state index in [2.05, 4.69) is 0 Å². The van der Waals surface area contributed by atoms with Gasteiger partial charge in [0.2, 0.25) is 5.79 Å². The zero-order valence-corrected chi connectivity index (χ0v) is 12.8. The highest BCUT2D eigenvalue weighted by Gasteiger charge is 2.42. The molecule has 1 aliphatic heterocycles. The maximum atomic E-state index is 11.7. The van der Waals surface area contributed by atoms with Crippen molar-refractivity contribution in [3.05, 3.63) is 0 Å². The Labute approximate surface area is 123 Å². The highest BCUT2D eigenvalue weighted by molar-refractivity contribution is 5.84. The Hall–Kier alpha value is -1.63. The Bertz CT molecular complexity index is 402. The minimum Gasteiger partial charge on any atom is -0.463 e. The zero-order valence-electron chi connectivity index (χ0n) is 12.8. The van der Waals surface area contributed by atoms with Crippen molar-refractivity contribution in [2.24, 2.45) is 0 Å². The van der Waals surface area contributed by atoms with Crippen molar-refractivity contribution in [2.75, 3.05) is 6.61 Å². The van der Waals surface area contributed by atoms with E-state index >= 15 is 0 Å². The molecule has 7 heteroatoms. The monoisotopic (exact) mass is 302 g/mol. The number of carbonyl (C=O) groups excluding carboxylic acids is 3. The van der Waals surface area contributed by atoms with E-state index in [1.807, 2.05) is 6.92 Å². The first-order valence-electron chi connectivity index (χ1n) is 7.02. The van der Waals surface area contributed by atoms with Crippen LogP contribution in [0.3, 0.4) is 0 Å². The molecule has 1 fully saturated rings. The lowest BCUT2D eigenvalue weighted by Crippen LogP contribution is -2.30. The summed E-state index contributed by atoms with van der Waals surface area (Å²) in [5.41, 5.74) is 0. The predicted molar refractivity (Wildman–Crippen MR) is 71.1 cm³/mol. The maximum absolute atomic E-state index is 11.7. The van der Waals surface area contributed by atoms with Gasteiger partial charge in [0, 0.05) is 13.8 Å². The number of rotatable bonds is 7. The predicted octanol–water partition coefficient (Wildman–Crippen LogP) is 1.33. The molecule has 0 N–H and O–H groups in total. The van der Waals surface area contributed by atoms with E-state index in [0.717, 1.165) is 12.8 Å². The molecule has 0 amide bonds. The van der Waals surface area contributed by atoms with E-state index in [1.165, 1.54) is 6.92 Å². The summed E-state index contributed by atoms with van der Waals surface area (Å²) in [4.78, 5) is 34.7. The molecule has 0 spiro atoms. The van der Waals surface area contributed by atoms with Crippen LogP contribution in [0, 0.1) is 0 Å². The Morgan fingerprint density at radius 2 is 2.05 bits per heavy atom. The molecular formula is C14H22O7. The number of carbonyl (C=O) groups is 3. The molecule has 0 aromatic rings. The quantitative estimate of drug-likeness (QED) is 0.398. The second-order valence-electron chi connectivity index (χ2n) is 5.28. The van der Waals surface area contributed by atoms with Gasteiger partial charge in [0.15, 0.2) is 12.2 Å². The Balaban J connectivity index is 2.36. The first-order valence-corrected chi connectivity index (χ1v) is 7.02. The van der Waals surface area contributed by atoms with Gasteiger partial charge in [-0.05, 0) is 13.3 Å². The van der Waals surface area contributed by atoms with Gasteiger partial charge in [0.25, 0.3) is 0 Å². The second kappa shape index (κ2) is 7.40. The van der Waals surface area contributed by atoms with E-state index in [9.17, 15) is 14.4 Å². The van der Waals surface area contributed by atoms with Crippen molar-refractivity contribution in [1.82, 2.24) is 0 Å². The molecule has 1 rings (SSSR count). The van der Waals surface area contributed by atoms with Crippen molar-refractivity contribution >= 4 is 17.9 Å². The third-order valence-electron chi connectivity index (χ3n) is 2.77. The molecular weight excluding hydrogens is 280 g/mol. The third kappa shape index (κ3) is 5.71. The van der Waals surface area contributed by atoms with Crippen molar-refractivity contribution in [3.8, 4) is 0 Å². The molecule has 1 heterocycles. The molecule has 7 nitrogen and oxygen atoms in total. The minimum absolute atomic E-state index is 0.295. The van der Waals surface area contributed by atoms with Crippen LogP contribution < -0.4 is 0 Å². The summed E-state index contributed by atoms with van der Waals surface area (Å²) in [6.45, 7) is 6.83. The summed E-state index contributed by atoms with van der Waals surface area (Å²) in [6, 6.07) is 0. The molecule has 1 saturated heterocycles. The molecule has 0 unspecified atom stereocenters. The first-order chi connectivity index (χ1) is 9.75. The van der Waals surface area contributed by atoms with Gasteiger partial charge >= 0.3 is 17.9 Å². The Kier molecular flexibility index (Phi) is 6.14. The Morgan fingerprint density at radius 3 is 2.57 bits per heavy atom. The number of cyclic esters (lactones) is 1. The van der Waals surface area contributed by atoms with Crippen molar-refractivity contribution in [2.45, 2.75) is 65.0 Å². The molecule has 0 aliphatic carbocycles. The number of hydrogen-bond donors (Lipinski definition) is 0. The van der Waals surface area contributed by atoms with Gasteiger partial charge in [-0.15, -0.1) is 0 Å². The summed E-state index contributed by atoms with van der Waals surface area (Å²) in [5, 5.41) is 0. The van der Waals surface area contributed by atoms with Crippen LogP contribution >= 0.6 is 0 Å². The van der Waals surface area contributed by atoms with Crippen LogP contribution in [0.5, 0.6) is 0 Å². The minimum atomic E-state index is -1.05. The van der Waals surface area contributed by atoms with Crippen LogP contribution in [0.25, 0.3) is 0 Å². The van der Waals surface area contributed by atoms with Crippen LogP contribution in [-0.2, 0) is 33.3 Å². The average Bonchev–Trinajstić information content (AvgIpc) is 2.62. The summed E-state index contributed by atoms with van der Waals surface area (Å²) in [6.07, 6.45) is -0.660. The highest BCUT2D eigenvalue weighted by Crippen LogP contribution is 2.25. The molecule has 120 valence electrons. The summed E-state index contributed by atoms with van der Waals surface area (Å²) in [5.74, 6) is -2.98. The molecule has 0 aromatic carbocycles. The second-order valence-corrected chi connectivity index (χ2v) is 5.28. The van der Waals surface area contributed by atoms with E-state index in [4.69, 9.17) is 18.9 Å². The molecule has 0 aromatic heterocycles. The smallest absolute Gasteiger partial charge is 0.347 e. The average molecular weight is 302 g/mol. The molecule has 2 atom stereocenters. The summed E-state index contributed by atoms with van der Waals surface area (Å²) >= 11 is 0. The topological polar surface area (TPSA) is 88.1 Å². The van der Waals surface area contributed by atoms with Gasteiger partial charge in [0.1, 0.15) is 0 Å². The lowest BCUT2D eigenvalue weighted by atomic mass is 10.2. The third-order valence-corrected chi connectivity index (χ3v) is 2.77. The number of ether oxygens (including phenoxy) is 4. The molecule has 1 aliphatic rings. The van der Waals surface area contributed by atoms with Gasteiger partial charge in [0.05, 0.1) is 13.0 Å². The standard InChI is InChI=1S/C14H22O7/c1-5-6-7-18-12(16)9(2)19-11(15)8-10-13(17)21-14(3,4)20-10/h9-10H,5-8H2,1-4H3/t9-,10-/m0/s1. The van der Waals surface area contributed by atoms with E-state index in [-0.39, 0.29) is 6.42 Å². The van der Waals surface area contributed by atoms with Crippen LogP contribution in [0.1, 0.15) is 47.0 Å². The fraction of sp³-hybridized carbons (Fsp3) is 0.786. The lowest BCUT2D eigenvalue weighted by Gasteiger charge is -2.16. The fourth-order valence-corrected chi connectivity index (χ4v) is 1.73. The van der Waals surface area contributed by atoms with Crippen LogP contribution in [-0.4, -0.2) is 42.5 Å². The summed E-state index contributed by atoms with van der Waals surface area (Å²) < 4.78 is 20.0. The van der Waals surface area contributed by atoms with Crippen LogP contribution in [0.15, 0.2) is 0 Å². The molecule has 0 bridgehead atoms. The zero-order chi connectivity index (χ0) is 16.0. The van der Waals surface area contributed by atoms with E-state index in [1.54, 1.807) is 13.8 Å². The van der Waals surface area contributed by atoms with Crippen molar-refractivity contribution in [3.63, 3.8) is 0 Å². The lowest BCUT2D eigenvalue weighted by molar-refractivity contribution is -0.170. The van der Waals surface area contributed by atoms with Gasteiger partial charge in [-0.25, -0.2) is 9.59 Å². The summed E-state index contributed by atoms with van der Waals surface area (Å²) in [7, 11) is 0. The Morgan fingerprint density at radius 1 is 1.38 bits per heavy atom. The highest BCUT2D eigenvalue weighted by atomic mass is 16.8. The van der Waals surface area contributed by atoms with Gasteiger partial charge < -0.3 is 18.9 Å². The van der Waals surface area contributed by atoms with Gasteiger partial charge in [-0.1, -0.05) is 13.3 Å². The van der Waals surface area contributed by atoms with Crippen molar-refractivity contribution < 1.29 is 33.3 Å². The van der Waals surface area contributed by atoms with Gasteiger partial charge in [-0.2, -0.15) is 0 Å². The number of hydrogen-bond acceptors (Lipinski definition) is 7. The fourth-order valence-electron chi connectivity index (χ4n) is 1.73. The number of unbranched alkanes of at least 4 members (excludes halogenated alkanes) is 1. The molecule has 21 heavy (non-hydrogen) atoms. The van der Waals surface area contributed by atoms with E-state index < -0.39 is 35.9 Å². The van der Waals surface area contributed by atoms with Crippen molar-refractivity contribution in [1.29, 1.82) is 0 Å². The normalized spacial score (nSPS) is 21.5. The maximum Gasteiger partial charge on any atom is 0.347 e. The molecule has 0 radical (unpaired) electrons.